The topological polar surface area (TPSA) is 58.2 Å². The molecule has 1 aliphatic carbocycles. The molecule has 20 heavy (non-hydrogen) atoms. The molecule has 4 nitrogen and oxygen atoms in total. The summed E-state index contributed by atoms with van der Waals surface area (Å²) >= 11 is 5.88. The number of rotatable bonds is 2. The fourth-order valence-electron chi connectivity index (χ4n) is 2.41. The van der Waals surface area contributed by atoms with E-state index in [0.717, 1.165) is 31.2 Å². The zero-order valence-corrected chi connectivity index (χ0v) is 12.3. The van der Waals surface area contributed by atoms with Gasteiger partial charge in [-0.1, -0.05) is 36.9 Å². The summed E-state index contributed by atoms with van der Waals surface area (Å²) in [6.45, 7) is 1.85. The minimum Gasteiger partial charge on any atom is -0.345 e. The smallest absolute Gasteiger partial charge is 0.313 e. The van der Waals surface area contributed by atoms with Crippen LogP contribution in [-0.2, 0) is 9.59 Å². The van der Waals surface area contributed by atoms with Gasteiger partial charge in [0.2, 0.25) is 0 Å². The van der Waals surface area contributed by atoms with E-state index in [-0.39, 0.29) is 6.04 Å². The van der Waals surface area contributed by atoms with E-state index in [1.807, 2.05) is 6.92 Å². The van der Waals surface area contributed by atoms with Crippen molar-refractivity contribution in [1.29, 1.82) is 0 Å². The molecule has 0 bridgehead atoms. The van der Waals surface area contributed by atoms with Crippen LogP contribution in [0.1, 0.15) is 37.7 Å². The van der Waals surface area contributed by atoms with Crippen LogP contribution in [0.15, 0.2) is 18.2 Å². The van der Waals surface area contributed by atoms with Crippen LogP contribution in [-0.4, -0.2) is 17.9 Å². The fourth-order valence-corrected chi connectivity index (χ4v) is 2.58. The van der Waals surface area contributed by atoms with Gasteiger partial charge in [0.1, 0.15) is 0 Å². The fraction of sp³-hybridized carbons (Fsp3) is 0.467. The number of halogens is 1. The van der Waals surface area contributed by atoms with E-state index in [4.69, 9.17) is 11.6 Å². The Balaban J connectivity index is 1.93. The molecule has 2 rings (SSSR count). The van der Waals surface area contributed by atoms with Crippen molar-refractivity contribution in [3.05, 3.63) is 28.8 Å². The summed E-state index contributed by atoms with van der Waals surface area (Å²) in [7, 11) is 0. The standard InChI is InChI=1S/C15H19ClN2O2/c1-10-7-8-11(16)9-13(10)18-15(20)14(19)17-12-5-3-2-4-6-12/h7-9,12H,2-6H2,1H3,(H,17,19)(H,18,20). The summed E-state index contributed by atoms with van der Waals surface area (Å²) in [6.07, 6.45) is 5.34. The molecule has 108 valence electrons. The van der Waals surface area contributed by atoms with Gasteiger partial charge in [0, 0.05) is 16.8 Å². The number of hydrogen-bond acceptors (Lipinski definition) is 2. The van der Waals surface area contributed by atoms with Crippen LogP contribution in [0, 0.1) is 6.92 Å². The molecule has 0 radical (unpaired) electrons. The summed E-state index contributed by atoms with van der Waals surface area (Å²) in [5.41, 5.74) is 1.44. The largest absolute Gasteiger partial charge is 0.345 e. The molecule has 2 N–H and O–H groups in total. The lowest BCUT2D eigenvalue weighted by atomic mass is 9.95. The average Bonchev–Trinajstić information content (AvgIpc) is 2.44. The molecule has 0 atom stereocenters. The third-order valence-electron chi connectivity index (χ3n) is 3.59. The second-order valence-electron chi connectivity index (χ2n) is 5.22. The van der Waals surface area contributed by atoms with E-state index >= 15 is 0 Å². The van der Waals surface area contributed by atoms with Gasteiger partial charge in [-0.2, -0.15) is 0 Å². The molecule has 5 heteroatoms. The van der Waals surface area contributed by atoms with E-state index in [0.29, 0.717) is 10.7 Å². The number of benzene rings is 1. The Bertz CT molecular complexity index is 511. The van der Waals surface area contributed by atoms with Crippen LogP contribution in [0.2, 0.25) is 5.02 Å². The van der Waals surface area contributed by atoms with Gasteiger partial charge in [-0.25, -0.2) is 0 Å². The molecule has 1 aromatic carbocycles. The van der Waals surface area contributed by atoms with Gasteiger partial charge >= 0.3 is 11.8 Å². The highest BCUT2D eigenvalue weighted by Crippen LogP contribution is 2.20. The van der Waals surface area contributed by atoms with Gasteiger partial charge in [-0.15, -0.1) is 0 Å². The summed E-state index contributed by atoms with van der Waals surface area (Å²) in [5.74, 6) is -1.21. The molecule has 1 saturated carbocycles. The summed E-state index contributed by atoms with van der Waals surface area (Å²) in [4.78, 5) is 23.7. The van der Waals surface area contributed by atoms with Gasteiger partial charge in [0.25, 0.3) is 0 Å². The van der Waals surface area contributed by atoms with Crippen molar-refractivity contribution < 1.29 is 9.59 Å². The number of nitrogens with one attached hydrogen (secondary N) is 2. The Kier molecular flexibility index (Phi) is 5.01. The molecule has 0 aromatic heterocycles. The number of hydrogen-bond donors (Lipinski definition) is 2. The van der Waals surface area contributed by atoms with E-state index in [1.165, 1.54) is 6.42 Å². The molecule has 1 fully saturated rings. The first kappa shape index (κ1) is 14.9. The molecule has 2 amide bonds. The third kappa shape index (κ3) is 3.97. The second-order valence-corrected chi connectivity index (χ2v) is 5.66. The number of amides is 2. The second kappa shape index (κ2) is 6.75. The van der Waals surface area contributed by atoms with Gasteiger partial charge in [0.15, 0.2) is 0 Å². The summed E-state index contributed by atoms with van der Waals surface area (Å²) in [6, 6.07) is 5.32. The van der Waals surface area contributed by atoms with Crippen LogP contribution in [0.25, 0.3) is 0 Å². The highest BCUT2D eigenvalue weighted by molar-refractivity contribution is 6.40. The normalized spacial score (nSPS) is 15.7. The zero-order chi connectivity index (χ0) is 14.5. The predicted octanol–water partition coefficient (Wildman–Crippen LogP) is 3.04. The Labute approximate surface area is 123 Å². The monoisotopic (exact) mass is 294 g/mol. The predicted molar refractivity (Wildman–Crippen MR) is 79.8 cm³/mol. The average molecular weight is 295 g/mol. The maximum absolute atomic E-state index is 11.9. The lowest BCUT2D eigenvalue weighted by Gasteiger charge is -2.22. The molecular weight excluding hydrogens is 276 g/mol. The summed E-state index contributed by atoms with van der Waals surface area (Å²) in [5, 5.41) is 5.92. The third-order valence-corrected chi connectivity index (χ3v) is 3.83. The van der Waals surface area contributed by atoms with Gasteiger partial charge in [-0.3, -0.25) is 9.59 Å². The highest BCUT2D eigenvalue weighted by atomic mass is 35.5. The quantitative estimate of drug-likeness (QED) is 0.824. The molecule has 1 aliphatic rings. The van der Waals surface area contributed by atoms with Crippen molar-refractivity contribution in [2.24, 2.45) is 0 Å². The lowest BCUT2D eigenvalue weighted by Crippen LogP contribution is -2.42. The van der Waals surface area contributed by atoms with Crippen LogP contribution in [0.5, 0.6) is 0 Å². The molecule has 0 heterocycles. The summed E-state index contributed by atoms with van der Waals surface area (Å²) < 4.78 is 0. The highest BCUT2D eigenvalue weighted by Gasteiger charge is 2.20. The van der Waals surface area contributed by atoms with E-state index in [2.05, 4.69) is 10.6 Å². The lowest BCUT2D eigenvalue weighted by molar-refractivity contribution is -0.136. The van der Waals surface area contributed by atoms with E-state index in [1.54, 1.807) is 18.2 Å². The number of anilines is 1. The van der Waals surface area contributed by atoms with Crippen molar-refractivity contribution in [2.75, 3.05) is 5.32 Å². The van der Waals surface area contributed by atoms with Crippen molar-refractivity contribution in [3.8, 4) is 0 Å². The van der Waals surface area contributed by atoms with Gasteiger partial charge < -0.3 is 10.6 Å². The number of carbonyl (C=O) groups is 2. The Morgan fingerprint density at radius 3 is 2.55 bits per heavy atom. The Morgan fingerprint density at radius 2 is 1.85 bits per heavy atom. The number of aryl methyl sites for hydroxylation is 1. The zero-order valence-electron chi connectivity index (χ0n) is 11.5. The van der Waals surface area contributed by atoms with Gasteiger partial charge in [0.05, 0.1) is 0 Å². The Hall–Kier alpha value is -1.55. The SMILES string of the molecule is Cc1ccc(Cl)cc1NC(=O)C(=O)NC1CCCCC1. The van der Waals surface area contributed by atoms with Crippen molar-refractivity contribution >= 4 is 29.1 Å². The Morgan fingerprint density at radius 1 is 1.15 bits per heavy atom. The van der Waals surface area contributed by atoms with Crippen molar-refractivity contribution in [1.82, 2.24) is 5.32 Å². The first-order chi connectivity index (χ1) is 9.56. The molecule has 0 unspecified atom stereocenters. The van der Waals surface area contributed by atoms with Crippen LogP contribution in [0.3, 0.4) is 0 Å². The van der Waals surface area contributed by atoms with Crippen molar-refractivity contribution in [3.63, 3.8) is 0 Å². The van der Waals surface area contributed by atoms with Crippen LogP contribution in [0.4, 0.5) is 5.69 Å². The van der Waals surface area contributed by atoms with E-state index < -0.39 is 11.8 Å². The maximum atomic E-state index is 11.9. The minimum absolute atomic E-state index is 0.127. The van der Waals surface area contributed by atoms with Crippen LogP contribution >= 0.6 is 11.6 Å². The van der Waals surface area contributed by atoms with E-state index in [9.17, 15) is 9.59 Å². The molecule has 0 aliphatic heterocycles. The molecule has 0 saturated heterocycles. The maximum Gasteiger partial charge on any atom is 0.313 e. The van der Waals surface area contributed by atoms with Gasteiger partial charge in [-0.05, 0) is 37.5 Å². The minimum atomic E-state index is -0.638. The molecular formula is C15H19ClN2O2. The molecule has 1 aromatic rings. The number of carbonyl (C=O) groups excluding carboxylic acids is 2. The van der Waals surface area contributed by atoms with Crippen molar-refractivity contribution in [2.45, 2.75) is 45.1 Å². The van der Waals surface area contributed by atoms with Crippen LogP contribution < -0.4 is 10.6 Å². The molecule has 0 spiro atoms. The first-order valence-electron chi connectivity index (χ1n) is 6.94. The first-order valence-corrected chi connectivity index (χ1v) is 7.32.